The van der Waals surface area contributed by atoms with E-state index in [1.807, 2.05) is 6.92 Å². The highest BCUT2D eigenvalue weighted by atomic mass is 19.4. The molecule has 34 heavy (non-hydrogen) atoms. The molecule has 4 heterocycles. The zero-order valence-electron chi connectivity index (χ0n) is 18.1. The molecule has 1 saturated carbocycles. The highest BCUT2D eigenvalue weighted by molar-refractivity contribution is 5.98. The molecule has 11 heteroatoms. The van der Waals surface area contributed by atoms with E-state index in [9.17, 15) is 22.4 Å². The van der Waals surface area contributed by atoms with Gasteiger partial charge in [-0.2, -0.15) is 13.2 Å². The minimum atomic E-state index is -4.45. The molecule has 176 valence electrons. The number of alkyl halides is 3. The lowest BCUT2D eigenvalue weighted by atomic mass is 10.0. The van der Waals surface area contributed by atoms with Crippen LogP contribution in [0.25, 0.3) is 11.4 Å². The van der Waals surface area contributed by atoms with Crippen molar-refractivity contribution in [3.05, 3.63) is 65.6 Å². The molecule has 2 aliphatic rings. The van der Waals surface area contributed by atoms with E-state index < -0.39 is 17.6 Å². The quantitative estimate of drug-likeness (QED) is 0.576. The van der Waals surface area contributed by atoms with Crippen molar-refractivity contribution in [3.63, 3.8) is 0 Å². The lowest BCUT2D eigenvalue weighted by molar-refractivity contribution is -0.137. The molecule has 1 saturated heterocycles. The van der Waals surface area contributed by atoms with E-state index in [0.29, 0.717) is 17.9 Å². The maximum absolute atomic E-state index is 13.5. The van der Waals surface area contributed by atoms with Crippen molar-refractivity contribution in [2.75, 3.05) is 11.9 Å². The topological polar surface area (TPSA) is 83.9 Å². The first kappa shape index (κ1) is 22.2. The van der Waals surface area contributed by atoms with Gasteiger partial charge < -0.3 is 10.2 Å². The van der Waals surface area contributed by atoms with Crippen LogP contribution in [0, 0.1) is 18.7 Å². The van der Waals surface area contributed by atoms with Crippen molar-refractivity contribution in [2.45, 2.75) is 38.0 Å². The molecule has 3 aromatic heterocycles. The summed E-state index contributed by atoms with van der Waals surface area (Å²) >= 11 is 0. The van der Waals surface area contributed by atoms with E-state index >= 15 is 0 Å². The van der Waals surface area contributed by atoms with Crippen LogP contribution in [-0.2, 0) is 6.18 Å². The number of rotatable bonds is 4. The van der Waals surface area contributed by atoms with Crippen LogP contribution in [0.2, 0.25) is 0 Å². The number of amides is 1. The molecule has 0 aromatic carbocycles. The highest BCUT2D eigenvalue weighted by Gasteiger charge is 2.47. The van der Waals surface area contributed by atoms with Gasteiger partial charge in [0.2, 0.25) is 0 Å². The van der Waals surface area contributed by atoms with E-state index in [-0.39, 0.29) is 35.4 Å². The van der Waals surface area contributed by atoms with Crippen LogP contribution in [0.4, 0.5) is 23.4 Å². The van der Waals surface area contributed by atoms with Gasteiger partial charge in [-0.05, 0) is 49.4 Å². The lowest BCUT2D eigenvalue weighted by Gasteiger charge is -2.34. The molecule has 1 N–H and O–H groups in total. The summed E-state index contributed by atoms with van der Waals surface area (Å²) in [5.41, 5.74) is 0.581. The molecule has 3 atom stereocenters. The van der Waals surface area contributed by atoms with Crippen LogP contribution < -0.4 is 5.32 Å². The average Bonchev–Trinajstić information content (AvgIpc) is 3.39. The fraction of sp³-hybridized carbons (Fsp3) is 0.348. The van der Waals surface area contributed by atoms with E-state index in [2.05, 4.69) is 25.3 Å². The molecule has 0 unspecified atom stereocenters. The first-order chi connectivity index (χ1) is 16.2. The summed E-state index contributed by atoms with van der Waals surface area (Å²) in [6, 6.07) is 3.71. The number of hydrogen-bond acceptors (Lipinski definition) is 6. The minimum Gasteiger partial charge on any atom is -0.365 e. The summed E-state index contributed by atoms with van der Waals surface area (Å²) in [6.45, 7) is 2.38. The molecule has 5 rings (SSSR count). The Kier molecular flexibility index (Phi) is 5.41. The summed E-state index contributed by atoms with van der Waals surface area (Å²) < 4.78 is 51.7. The van der Waals surface area contributed by atoms with Gasteiger partial charge in [0.1, 0.15) is 11.5 Å². The summed E-state index contributed by atoms with van der Waals surface area (Å²) in [7, 11) is 0. The second kappa shape index (κ2) is 8.30. The lowest BCUT2D eigenvalue weighted by Crippen LogP contribution is -2.48. The highest BCUT2D eigenvalue weighted by Crippen LogP contribution is 2.40. The zero-order chi connectivity index (χ0) is 24.0. The fourth-order valence-electron chi connectivity index (χ4n) is 4.75. The summed E-state index contributed by atoms with van der Waals surface area (Å²) in [6.07, 6.45) is 1.56. The first-order valence-corrected chi connectivity index (χ1v) is 10.7. The van der Waals surface area contributed by atoms with Crippen molar-refractivity contribution in [1.82, 2.24) is 24.8 Å². The standard InChI is InChI=1S/C23H20F4N6O/c1-12-4-16(21-30-9-15(24)10-31-21)20(29-7-12)22(34)33-11-13-5-17(18(33)6-13)32-19-3-2-14(8-28-19)23(25,26)27/h2-4,7-10,13,17-18H,5-6,11H2,1H3,(H,28,32)/t13-,17+,18-/m0/s1. The largest absolute Gasteiger partial charge is 0.417 e. The maximum Gasteiger partial charge on any atom is 0.417 e. The predicted octanol–water partition coefficient (Wildman–Crippen LogP) is 4.12. The van der Waals surface area contributed by atoms with Gasteiger partial charge in [-0.25, -0.2) is 19.3 Å². The van der Waals surface area contributed by atoms with Gasteiger partial charge in [0.05, 0.1) is 29.6 Å². The van der Waals surface area contributed by atoms with Crippen molar-refractivity contribution in [1.29, 1.82) is 0 Å². The van der Waals surface area contributed by atoms with Crippen molar-refractivity contribution < 1.29 is 22.4 Å². The summed E-state index contributed by atoms with van der Waals surface area (Å²) in [4.78, 5) is 31.5. The molecule has 1 aliphatic carbocycles. The molecular formula is C23H20F4N6O. The number of pyridine rings is 2. The fourth-order valence-corrected chi connectivity index (χ4v) is 4.75. The molecule has 2 bridgehead atoms. The third kappa shape index (κ3) is 4.17. The van der Waals surface area contributed by atoms with E-state index in [4.69, 9.17) is 0 Å². The number of aromatic nitrogens is 4. The normalized spacial score (nSPS) is 21.7. The minimum absolute atomic E-state index is 0.150. The zero-order valence-corrected chi connectivity index (χ0v) is 18.1. The number of nitrogens with one attached hydrogen (secondary N) is 1. The maximum atomic E-state index is 13.5. The number of aryl methyl sites for hydroxylation is 1. The second-order valence-corrected chi connectivity index (χ2v) is 8.68. The molecule has 1 aliphatic heterocycles. The predicted molar refractivity (Wildman–Crippen MR) is 114 cm³/mol. The summed E-state index contributed by atoms with van der Waals surface area (Å²) in [5.74, 6) is -0.0835. The Morgan fingerprint density at radius 2 is 1.82 bits per heavy atom. The summed E-state index contributed by atoms with van der Waals surface area (Å²) in [5, 5.41) is 3.19. The number of carbonyl (C=O) groups is 1. The van der Waals surface area contributed by atoms with Crippen LogP contribution in [0.3, 0.4) is 0 Å². The van der Waals surface area contributed by atoms with E-state index in [1.54, 1.807) is 17.2 Å². The molecule has 0 spiro atoms. The number of piperidine rings is 1. The van der Waals surface area contributed by atoms with Crippen LogP contribution in [0.15, 0.2) is 43.0 Å². The van der Waals surface area contributed by atoms with Crippen molar-refractivity contribution >= 4 is 11.7 Å². The Bertz CT molecular complexity index is 1220. The van der Waals surface area contributed by atoms with Gasteiger partial charge >= 0.3 is 6.18 Å². The molecular weight excluding hydrogens is 452 g/mol. The Hall–Kier alpha value is -3.63. The molecule has 2 fully saturated rings. The number of halogens is 4. The van der Waals surface area contributed by atoms with E-state index in [1.165, 1.54) is 6.07 Å². The van der Waals surface area contributed by atoms with Crippen LogP contribution in [0.5, 0.6) is 0 Å². The van der Waals surface area contributed by atoms with Crippen LogP contribution >= 0.6 is 0 Å². The Labute approximate surface area is 192 Å². The van der Waals surface area contributed by atoms with Crippen LogP contribution in [0.1, 0.15) is 34.5 Å². The average molecular weight is 472 g/mol. The van der Waals surface area contributed by atoms with Gasteiger partial charge in [0, 0.05) is 25.0 Å². The Morgan fingerprint density at radius 3 is 2.47 bits per heavy atom. The molecule has 7 nitrogen and oxygen atoms in total. The first-order valence-electron chi connectivity index (χ1n) is 10.7. The van der Waals surface area contributed by atoms with Gasteiger partial charge in [0.25, 0.3) is 5.91 Å². The van der Waals surface area contributed by atoms with Crippen LogP contribution in [-0.4, -0.2) is 49.4 Å². The van der Waals surface area contributed by atoms with Gasteiger partial charge in [0.15, 0.2) is 11.6 Å². The third-order valence-corrected chi connectivity index (χ3v) is 6.25. The molecule has 1 amide bonds. The SMILES string of the molecule is Cc1cnc(C(=O)N2C[C@H]3C[C@@H](Nc4ccc(C(F)(F)F)cn4)[C@@H]2C3)c(-c2ncc(F)cn2)c1. The number of hydrogen-bond donors (Lipinski definition) is 1. The smallest absolute Gasteiger partial charge is 0.365 e. The number of fused-ring (bicyclic) bond motifs is 2. The van der Waals surface area contributed by atoms with E-state index in [0.717, 1.165) is 43.1 Å². The number of nitrogens with zero attached hydrogens (tertiary/aromatic N) is 5. The van der Waals surface area contributed by atoms with Gasteiger partial charge in [-0.3, -0.25) is 9.78 Å². The van der Waals surface area contributed by atoms with Crippen molar-refractivity contribution in [3.8, 4) is 11.4 Å². The second-order valence-electron chi connectivity index (χ2n) is 8.68. The van der Waals surface area contributed by atoms with Gasteiger partial charge in [-0.15, -0.1) is 0 Å². The Balaban J connectivity index is 1.37. The third-order valence-electron chi connectivity index (χ3n) is 6.25. The Morgan fingerprint density at radius 1 is 1.06 bits per heavy atom. The number of anilines is 1. The number of carbonyl (C=O) groups excluding carboxylic acids is 1. The van der Waals surface area contributed by atoms with Gasteiger partial charge in [-0.1, -0.05) is 0 Å². The molecule has 3 aromatic rings. The number of likely N-dealkylation sites (tertiary alicyclic amines) is 1. The van der Waals surface area contributed by atoms with Crippen molar-refractivity contribution in [2.24, 2.45) is 5.92 Å². The monoisotopic (exact) mass is 472 g/mol. The molecule has 0 radical (unpaired) electrons.